The molecule has 0 aromatic heterocycles. The van der Waals surface area contributed by atoms with Gasteiger partial charge >= 0.3 is 12.0 Å². The number of hydrogen-bond acceptors (Lipinski definition) is 4. The van der Waals surface area contributed by atoms with Crippen LogP contribution in [0.2, 0.25) is 0 Å². The molecule has 0 saturated heterocycles. The van der Waals surface area contributed by atoms with E-state index in [1.54, 1.807) is 6.92 Å². The van der Waals surface area contributed by atoms with Gasteiger partial charge in [-0.1, -0.05) is 0 Å². The quantitative estimate of drug-likeness (QED) is 0.661. The molecule has 0 aromatic carbocycles. The summed E-state index contributed by atoms with van der Waals surface area (Å²) in [7, 11) is 1.51. The van der Waals surface area contributed by atoms with Crippen LogP contribution in [0.4, 0.5) is 4.79 Å². The number of nitrogens with one attached hydrogen (secondary N) is 2. The van der Waals surface area contributed by atoms with Crippen LogP contribution in [0.3, 0.4) is 0 Å². The standard InChI is InChI=1S/C10H19N3O4.ClH/c1-5-11-10(17)12-8(14)6(2)13(4)7(3)9(15)16;/h6-7H,5H2,1-4H3,(H,15,16)(H2,11,12,14,17);1H. The summed E-state index contributed by atoms with van der Waals surface area (Å²) in [6, 6.07) is -2.09. The number of urea groups is 1. The Kier molecular flexibility index (Phi) is 9.20. The summed E-state index contributed by atoms with van der Waals surface area (Å²) in [5.41, 5.74) is 0. The molecule has 0 heterocycles. The average molecular weight is 282 g/mol. The van der Waals surface area contributed by atoms with Crippen LogP contribution in [0.1, 0.15) is 20.8 Å². The molecule has 7 nitrogen and oxygen atoms in total. The molecule has 3 N–H and O–H groups in total. The first-order valence-electron chi connectivity index (χ1n) is 5.34. The predicted octanol–water partition coefficient (Wildman–Crippen LogP) is 0.0473. The van der Waals surface area contributed by atoms with Crippen molar-refractivity contribution >= 4 is 30.3 Å². The normalized spacial score (nSPS) is 13.2. The van der Waals surface area contributed by atoms with Crippen molar-refractivity contribution in [3.8, 4) is 0 Å². The van der Waals surface area contributed by atoms with Crippen LogP contribution in [0.15, 0.2) is 0 Å². The van der Waals surface area contributed by atoms with Gasteiger partial charge in [0.25, 0.3) is 0 Å². The Morgan fingerprint density at radius 1 is 1.22 bits per heavy atom. The monoisotopic (exact) mass is 281 g/mol. The maximum atomic E-state index is 11.6. The number of carbonyl (C=O) groups excluding carboxylic acids is 2. The van der Waals surface area contributed by atoms with Crippen LogP contribution >= 0.6 is 12.4 Å². The summed E-state index contributed by atoms with van der Waals surface area (Å²) in [6.45, 7) is 5.15. The number of carboxylic acid groups (broad SMARTS) is 1. The van der Waals surface area contributed by atoms with Crippen molar-refractivity contribution in [1.82, 2.24) is 15.5 Å². The van der Waals surface area contributed by atoms with Crippen molar-refractivity contribution in [2.45, 2.75) is 32.9 Å². The second-order valence-electron chi connectivity index (χ2n) is 3.70. The molecule has 0 aliphatic carbocycles. The van der Waals surface area contributed by atoms with Crippen molar-refractivity contribution < 1.29 is 19.5 Å². The lowest BCUT2D eigenvalue weighted by atomic mass is 10.2. The molecule has 3 amide bonds. The minimum Gasteiger partial charge on any atom is -0.480 e. The van der Waals surface area contributed by atoms with Crippen LogP contribution in [-0.2, 0) is 9.59 Å². The van der Waals surface area contributed by atoms with E-state index >= 15 is 0 Å². The number of aliphatic carboxylic acids is 1. The number of nitrogens with zero attached hydrogens (tertiary/aromatic N) is 1. The third-order valence-electron chi connectivity index (χ3n) is 2.53. The van der Waals surface area contributed by atoms with Gasteiger partial charge in [0.2, 0.25) is 5.91 Å². The molecule has 0 radical (unpaired) electrons. The second kappa shape index (κ2) is 8.71. The number of carboxylic acids is 1. The molecular formula is C10H20ClN3O4. The molecular weight excluding hydrogens is 262 g/mol. The highest BCUT2D eigenvalue weighted by Gasteiger charge is 2.26. The molecule has 0 saturated carbocycles. The zero-order valence-electron chi connectivity index (χ0n) is 10.9. The van der Waals surface area contributed by atoms with Crippen molar-refractivity contribution in [2.24, 2.45) is 0 Å². The topological polar surface area (TPSA) is 98.7 Å². The molecule has 0 spiro atoms. The van der Waals surface area contributed by atoms with Crippen molar-refractivity contribution in [2.75, 3.05) is 13.6 Å². The van der Waals surface area contributed by atoms with Gasteiger partial charge in [-0.3, -0.25) is 19.8 Å². The lowest BCUT2D eigenvalue weighted by molar-refractivity contribution is -0.143. The predicted molar refractivity (Wildman–Crippen MR) is 68.8 cm³/mol. The summed E-state index contributed by atoms with van der Waals surface area (Å²) in [5.74, 6) is -1.56. The SMILES string of the molecule is CCNC(=O)NC(=O)C(C)N(C)C(C)C(=O)O.Cl. The summed E-state index contributed by atoms with van der Waals surface area (Å²) < 4.78 is 0. The zero-order valence-corrected chi connectivity index (χ0v) is 11.7. The highest BCUT2D eigenvalue weighted by atomic mass is 35.5. The Morgan fingerprint density at radius 2 is 1.72 bits per heavy atom. The minimum atomic E-state index is -1.02. The molecule has 0 fully saturated rings. The van der Waals surface area contributed by atoms with Gasteiger partial charge in [0.15, 0.2) is 0 Å². The Hall–Kier alpha value is -1.34. The van der Waals surface area contributed by atoms with Gasteiger partial charge in [0.1, 0.15) is 6.04 Å². The van der Waals surface area contributed by atoms with Gasteiger partial charge in [-0.15, -0.1) is 12.4 Å². The van der Waals surface area contributed by atoms with Crippen LogP contribution in [0.5, 0.6) is 0 Å². The van der Waals surface area contributed by atoms with Gasteiger partial charge < -0.3 is 10.4 Å². The first-order valence-corrected chi connectivity index (χ1v) is 5.34. The van der Waals surface area contributed by atoms with Crippen LogP contribution in [-0.4, -0.2) is 53.6 Å². The van der Waals surface area contributed by atoms with Crippen LogP contribution in [0, 0.1) is 0 Å². The van der Waals surface area contributed by atoms with Crippen molar-refractivity contribution in [1.29, 1.82) is 0 Å². The number of carbonyl (C=O) groups is 3. The molecule has 0 aliphatic rings. The smallest absolute Gasteiger partial charge is 0.321 e. The first-order chi connectivity index (χ1) is 7.81. The van der Waals surface area contributed by atoms with E-state index in [2.05, 4.69) is 10.6 Å². The molecule has 0 aliphatic heterocycles. The summed E-state index contributed by atoms with van der Waals surface area (Å²) in [5, 5.41) is 13.3. The Bertz CT molecular complexity index is 311. The van der Waals surface area contributed by atoms with E-state index in [4.69, 9.17) is 5.11 Å². The van der Waals surface area contributed by atoms with E-state index < -0.39 is 30.0 Å². The van der Waals surface area contributed by atoms with Crippen molar-refractivity contribution in [3.63, 3.8) is 0 Å². The average Bonchev–Trinajstić information content (AvgIpc) is 2.25. The van der Waals surface area contributed by atoms with E-state index in [-0.39, 0.29) is 12.4 Å². The first kappa shape index (κ1) is 19.0. The maximum absolute atomic E-state index is 11.6. The fourth-order valence-electron chi connectivity index (χ4n) is 1.12. The van der Waals surface area contributed by atoms with E-state index in [1.165, 1.54) is 25.8 Å². The van der Waals surface area contributed by atoms with E-state index in [1.807, 2.05) is 0 Å². The van der Waals surface area contributed by atoms with Crippen LogP contribution in [0.25, 0.3) is 0 Å². The van der Waals surface area contributed by atoms with E-state index in [0.29, 0.717) is 6.54 Å². The number of imide groups is 1. The second-order valence-corrected chi connectivity index (χ2v) is 3.70. The number of hydrogen-bond donors (Lipinski definition) is 3. The molecule has 8 heteroatoms. The van der Waals surface area contributed by atoms with Crippen molar-refractivity contribution in [3.05, 3.63) is 0 Å². The molecule has 2 atom stereocenters. The number of rotatable bonds is 5. The molecule has 0 aromatic rings. The third-order valence-corrected chi connectivity index (χ3v) is 2.53. The summed E-state index contributed by atoms with van der Waals surface area (Å²) in [4.78, 5) is 34.8. The van der Waals surface area contributed by atoms with Gasteiger partial charge in [-0.25, -0.2) is 4.79 Å². The van der Waals surface area contributed by atoms with E-state index in [0.717, 1.165) is 0 Å². The van der Waals surface area contributed by atoms with Crippen LogP contribution < -0.4 is 10.6 Å². The van der Waals surface area contributed by atoms with E-state index in [9.17, 15) is 14.4 Å². The minimum absolute atomic E-state index is 0. The highest BCUT2D eigenvalue weighted by Crippen LogP contribution is 2.02. The summed E-state index contributed by atoms with van der Waals surface area (Å²) in [6.07, 6.45) is 0. The fraction of sp³-hybridized carbons (Fsp3) is 0.700. The molecule has 2 unspecified atom stereocenters. The Morgan fingerprint density at radius 3 is 2.11 bits per heavy atom. The van der Waals surface area contributed by atoms with Gasteiger partial charge in [-0.2, -0.15) is 0 Å². The van der Waals surface area contributed by atoms with Gasteiger partial charge in [-0.05, 0) is 27.8 Å². The fourth-order valence-corrected chi connectivity index (χ4v) is 1.12. The number of likely N-dealkylation sites (N-methyl/N-ethyl adjacent to an activating group) is 1. The molecule has 0 rings (SSSR count). The lowest BCUT2D eigenvalue weighted by Gasteiger charge is -2.26. The number of amides is 3. The highest BCUT2D eigenvalue weighted by molar-refractivity contribution is 5.97. The lowest BCUT2D eigenvalue weighted by Crippen LogP contribution is -2.52. The third kappa shape index (κ3) is 5.83. The number of halogens is 1. The molecule has 18 heavy (non-hydrogen) atoms. The maximum Gasteiger partial charge on any atom is 0.321 e. The molecule has 0 bridgehead atoms. The largest absolute Gasteiger partial charge is 0.480 e. The Balaban J connectivity index is 0. The zero-order chi connectivity index (χ0) is 13.6. The van der Waals surface area contributed by atoms with Gasteiger partial charge in [0.05, 0.1) is 6.04 Å². The van der Waals surface area contributed by atoms with Gasteiger partial charge in [0, 0.05) is 6.54 Å². The Labute approximate surface area is 112 Å². The summed E-state index contributed by atoms with van der Waals surface area (Å²) >= 11 is 0. The molecule has 106 valence electrons.